The van der Waals surface area contributed by atoms with Crippen molar-refractivity contribution < 1.29 is 4.79 Å². The molecule has 1 aliphatic carbocycles. The highest BCUT2D eigenvalue weighted by Crippen LogP contribution is 2.37. The lowest BCUT2D eigenvalue weighted by Crippen LogP contribution is -2.27. The maximum absolute atomic E-state index is 13.2. The average Bonchev–Trinajstić information content (AvgIpc) is 3.37. The molecule has 0 saturated carbocycles. The summed E-state index contributed by atoms with van der Waals surface area (Å²) >= 11 is 6.31. The number of hydrogen-bond donors (Lipinski definition) is 1. The number of rotatable bonds is 4. The summed E-state index contributed by atoms with van der Waals surface area (Å²) in [6.45, 7) is -0.162. The number of nitriles is 1. The molecular formula is C23H17BrN4O2S2. The van der Waals surface area contributed by atoms with Crippen molar-refractivity contribution in [1.29, 1.82) is 5.26 Å². The molecule has 0 bridgehead atoms. The molecule has 0 spiro atoms. The van der Waals surface area contributed by atoms with E-state index in [0.29, 0.717) is 20.8 Å². The SMILES string of the molecule is N#Cc1c(NC(=O)Cn2cnc3scc(-c4ccc(Br)cc4)c3c2=O)sc2c1CCCC2. The molecule has 32 heavy (non-hydrogen) atoms. The summed E-state index contributed by atoms with van der Waals surface area (Å²) in [7, 11) is 0. The van der Waals surface area contributed by atoms with Crippen molar-refractivity contribution in [2.45, 2.75) is 32.2 Å². The zero-order valence-corrected chi connectivity index (χ0v) is 20.1. The van der Waals surface area contributed by atoms with Crippen LogP contribution >= 0.6 is 38.6 Å². The number of benzene rings is 1. The third-order valence-corrected chi connectivity index (χ3v) is 8.19. The van der Waals surface area contributed by atoms with Crippen molar-refractivity contribution >= 4 is 59.7 Å². The van der Waals surface area contributed by atoms with E-state index in [9.17, 15) is 14.9 Å². The Morgan fingerprint density at radius 2 is 2.03 bits per heavy atom. The third kappa shape index (κ3) is 3.79. The second-order valence-corrected chi connectivity index (χ2v) is 10.5. The number of carbonyl (C=O) groups excluding carboxylic acids is 1. The maximum atomic E-state index is 13.2. The second-order valence-electron chi connectivity index (χ2n) is 7.59. The molecule has 0 atom stereocenters. The number of nitrogens with zero attached hydrogens (tertiary/aromatic N) is 3. The van der Waals surface area contributed by atoms with Crippen LogP contribution in [0.25, 0.3) is 21.3 Å². The Bertz CT molecular complexity index is 1440. The van der Waals surface area contributed by atoms with E-state index in [1.807, 2.05) is 29.6 Å². The van der Waals surface area contributed by atoms with E-state index in [1.54, 1.807) is 0 Å². The van der Waals surface area contributed by atoms with Crippen LogP contribution in [0.4, 0.5) is 5.00 Å². The van der Waals surface area contributed by atoms with E-state index >= 15 is 0 Å². The highest BCUT2D eigenvalue weighted by molar-refractivity contribution is 9.10. The summed E-state index contributed by atoms with van der Waals surface area (Å²) in [6.07, 6.45) is 5.41. The summed E-state index contributed by atoms with van der Waals surface area (Å²) in [5.41, 5.74) is 3.10. The smallest absolute Gasteiger partial charge is 0.263 e. The Kier molecular flexibility index (Phi) is 5.67. The zero-order valence-electron chi connectivity index (χ0n) is 16.9. The van der Waals surface area contributed by atoms with Crippen LogP contribution in [0.5, 0.6) is 0 Å². The molecule has 160 valence electrons. The van der Waals surface area contributed by atoms with Crippen molar-refractivity contribution in [2.24, 2.45) is 0 Å². The first kappa shape index (κ1) is 21.1. The summed E-state index contributed by atoms with van der Waals surface area (Å²) in [6, 6.07) is 9.98. The lowest BCUT2D eigenvalue weighted by molar-refractivity contribution is -0.116. The Morgan fingerprint density at radius 1 is 1.25 bits per heavy atom. The number of hydrogen-bond acceptors (Lipinski definition) is 6. The summed E-state index contributed by atoms with van der Waals surface area (Å²) < 4.78 is 2.28. The number of anilines is 1. The standard InChI is InChI=1S/C23H17BrN4O2S2/c24-14-7-5-13(6-8-14)17-11-31-22-20(17)23(30)28(12-26-22)10-19(29)27-21-16(9-25)15-3-1-2-4-18(15)32-21/h5-8,11-12H,1-4,10H2,(H,27,29). The van der Waals surface area contributed by atoms with Gasteiger partial charge in [0, 0.05) is 20.3 Å². The fraction of sp³-hybridized carbons (Fsp3) is 0.217. The molecule has 1 aliphatic rings. The molecule has 0 radical (unpaired) electrons. The first-order valence-electron chi connectivity index (χ1n) is 10.1. The number of aryl methyl sites for hydroxylation is 1. The minimum Gasteiger partial charge on any atom is -0.315 e. The molecule has 1 amide bonds. The molecule has 1 aromatic carbocycles. The van der Waals surface area contributed by atoms with E-state index < -0.39 is 0 Å². The van der Waals surface area contributed by atoms with Crippen molar-refractivity contribution in [2.75, 3.05) is 5.32 Å². The van der Waals surface area contributed by atoms with Gasteiger partial charge in [-0.25, -0.2) is 4.98 Å². The van der Waals surface area contributed by atoms with Gasteiger partial charge in [-0.1, -0.05) is 28.1 Å². The minimum absolute atomic E-state index is 0.162. The summed E-state index contributed by atoms with van der Waals surface area (Å²) in [4.78, 5) is 32.2. The van der Waals surface area contributed by atoms with Crippen LogP contribution in [-0.2, 0) is 24.2 Å². The molecular weight excluding hydrogens is 508 g/mol. The number of aromatic nitrogens is 2. The van der Waals surface area contributed by atoms with Crippen LogP contribution in [0.1, 0.15) is 28.8 Å². The van der Waals surface area contributed by atoms with Crippen LogP contribution in [0.3, 0.4) is 0 Å². The number of halogens is 1. The van der Waals surface area contributed by atoms with Gasteiger partial charge < -0.3 is 5.32 Å². The molecule has 0 fully saturated rings. The van der Waals surface area contributed by atoms with Gasteiger partial charge in [0.2, 0.25) is 5.91 Å². The zero-order chi connectivity index (χ0) is 22.2. The highest BCUT2D eigenvalue weighted by atomic mass is 79.9. The summed E-state index contributed by atoms with van der Waals surface area (Å²) in [5, 5.41) is 15.5. The van der Waals surface area contributed by atoms with E-state index in [-0.39, 0.29) is 18.0 Å². The molecule has 0 saturated heterocycles. The van der Waals surface area contributed by atoms with Gasteiger partial charge in [0.25, 0.3) is 5.56 Å². The van der Waals surface area contributed by atoms with Crippen molar-refractivity contribution in [3.8, 4) is 17.2 Å². The molecule has 5 rings (SSSR count). The van der Waals surface area contributed by atoms with Gasteiger partial charge in [-0.3, -0.25) is 14.2 Å². The monoisotopic (exact) mass is 524 g/mol. The highest BCUT2D eigenvalue weighted by Gasteiger charge is 2.22. The van der Waals surface area contributed by atoms with E-state index in [0.717, 1.165) is 46.8 Å². The van der Waals surface area contributed by atoms with Crippen LogP contribution in [0.15, 0.2) is 45.2 Å². The minimum atomic E-state index is -0.344. The Hall–Kier alpha value is -2.80. The summed E-state index contributed by atoms with van der Waals surface area (Å²) in [5.74, 6) is -0.344. The van der Waals surface area contributed by atoms with Gasteiger partial charge in [-0.2, -0.15) is 5.26 Å². The predicted molar refractivity (Wildman–Crippen MR) is 131 cm³/mol. The van der Waals surface area contributed by atoms with Gasteiger partial charge in [0.15, 0.2) is 0 Å². The van der Waals surface area contributed by atoms with Crippen LogP contribution in [-0.4, -0.2) is 15.5 Å². The van der Waals surface area contributed by atoms with E-state index in [2.05, 4.69) is 32.3 Å². The van der Waals surface area contributed by atoms with Gasteiger partial charge in [-0.05, 0) is 48.9 Å². The molecule has 6 nitrogen and oxygen atoms in total. The van der Waals surface area contributed by atoms with Crippen LogP contribution in [0.2, 0.25) is 0 Å². The first-order chi connectivity index (χ1) is 15.5. The lowest BCUT2D eigenvalue weighted by atomic mass is 9.96. The second kappa shape index (κ2) is 8.62. The molecule has 3 heterocycles. The van der Waals surface area contributed by atoms with Crippen molar-refractivity contribution in [3.05, 3.63) is 66.8 Å². The van der Waals surface area contributed by atoms with Crippen molar-refractivity contribution in [3.63, 3.8) is 0 Å². The molecule has 0 aliphatic heterocycles. The van der Waals surface area contributed by atoms with Gasteiger partial charge in [-0.15, -0.1) is 22.7 Å². The quantitative estimate of drug-likeness (QED) is 0.390. The topological polar surface area (TPSA) is 87.8 Å². The number of thiophene rings is 2. The largest absolute Gasteiger partial charge is 0.315 e. The molecule has 4 aromatic rings. The normalized spacial score (nSPS) is 13.0. The van der Waals surface area contributed by atoms with E-state index in [1.165, 1.54) is 38.4 Å². The van der Waals surface area contributed by atoms with Gasteiger partial charge in [0.1, 0.15) is 22.4 Å². The lowest BCUT2D eigenvalue weighted by Gasteiger charge is -2.09. The Labute approximate surface area is 200 Å². The molecule has 3 aromatic heterocycles. The third-order valence-electron chi connectivity index (χ3n) is 5.57. The fourth-order valence-electron chi connectivity index (χ4n) is 4.02. The number of nitrogens with one attached hydrogen (secondary N) is 1. The molecule has 9 heteroatoms. The fourth-order valence-corrected chi connectivity index (χ4v) is 6.44. The van der Waals surface area contributed by atoms with Gasteiger partial charge >= 0.3 is 0 Å². The Morgan fingerprint density at radius 3 is 2.81 bits per heavy atom. The molecule has 0 unspecified atom stereocenters. The molecule has 1 N–H and O–H groups in total. The maximum Gasteiger partial charge on any atom is 0.263 e. The first-order valence-corrected chi connectivity index (χ1v) is 12.6. The number of carbonyl (C=O) groups is 1. The average molecular weight is 525 g/mol. The van der Waals surface area contributed by atoms with Crippen molar-refractivity contribution in [1.82, 2.24) is 9.55 Å². The number of fused-ring (bicyclic) bond motifs is 2. The van der Waals surface area contributed by atoms with Crippen LogP contribution in [0, 0.1) is 11.3 Å². The van der Waals surface area contributed by atoms with Gasteiger partial charge in [0.05, 0.1) is 17.3 Å². The number of amides is 1. The van der Waals surface area contributed by atoms with E-state index in [4.69, 9.17) is 0 Å². The van der Waals surface area contributed by atoms with Crippen LogP contribution < -0.4 is 10.9 Å². The predicted octanol–water partition coefficient (Wildman–Crippen LogP) is 5.34. The Balaban J connectivity index is 1.44.